The van der Waals surface area contributed by atoms with E-state index in [4.69, 9.17) is 19.9 Å². The number of nitrogens with zero attached hydrogens (tertiary/aromatic N) is 6. The molecule has 0 aliphatic heterocycles. The highest BCUT2D eigenvalue weighted by Crippen LogP contribution is 2.50. The predicted octanol–water partition coefficient (Wildman–Crippen LogP) is 23.3. The molecule has 0 unspecified atom stereocenters. The van der Waals surface area contributed by atoms with Gasteiger partial charge in [0.1, 0.15) is 0 Å². The number of benzene rings is 12. The second kappa shape index (κ2) is 20.4. The van der Waals surface area contributed by atoms with Crippen LogP contribution in [0.1, 0.15) is 0 Å². The molecular formula is C80H46N6S4. The smallest absolute Gasteiger partial charge is 0.164 e. The summed E-state index contributed by atoms with van der Waals surface area (Å²) < 4.78 is 14.5. The normalized spacial score (nSPS) is 12.0. The molecule has 0 aliphatic rings. The molecule has 0 saturated carbocycles. The fourth-order valence-corrected chi connectivity index (χ4v) is 18.5. The second-order valence-corrected chi connectivity index (χ2v) is 26.9. The molecule has 0 amide bonds. The first-order valence-electron chi connectivity index (χ1n) is 30.0. The van der Waals surface area contributed by atoms with E-state index in [1.807, 2.05) is 28.7 Å². The average molecular weight is 1220 g/mol. The van der Waals surface area contributed by atoms with Crippen LogP contribution in [-0.2, 0) is 0 Å². The van der Waals surface area contributed by atoms with Crippen LogP contribution in [0.2, 0.25) is 0 Å². The monoisotopic (exact) mass is 1220 g/mol. The molecule has 0 aliphatic carbocycles. The summed E-state index contributed by atoms with van der Waals surface area (Å²) in [7, 11) is 0. The highest BCUT2D eigenvalue weighted by Gasteiger charge is 2.27. The number of para-hydroxylation sites is 4. The van der Waals surface area contributed by atoms with Crippen LogP contribution in [0, 0.1) is 0 Å². The molecule has 0 bridgehead atoms. The summed E-state index contributed by atoms with van der Waals surface area (Å²) in [6.45, 7) is 0. The molecule has 0 atom stereocenters. The Morgan fingerprint density at radius 1 is 0.222 bits per heavy atom. The zero-order valence-electron chi connectivity index (χ0n) is 47.9. The van der Waals surface area contributed by atoms with Crippen LogP contribution in [0.15, 0.2) is 279 Å². The van der Waals surface area contributed by atoms with Crippen LogP contribution in [-0.4, -0.2) is 29.1 Å². The van der Waals surface area contributed by atoms with Gasteiger partial charge in [-0.3, -0.25) is 0 Å². The molecule has 0 fully saturated rings. The Kier molecular flexibility index (Phi) is 11.7. The third-order valence-electron chi connectivity index (χ3n) is 17.7. The summed E-state index contributed by atoms with van der Waals surface area (Å²) in [6, 6.07) is 99.6. The van der Waals surface area contributed by atoms with Gasteiger partial charge in [-0.05, 0) is 60.7 Å². The van der Waals surface area contributed by atoms with Gasteiger partial charge in [0.25, 0.3) is 0 Å². The van der Waals surface area contributed by atoms with E-state index >= 15 is 0 Å². The summed E-state index contributed by atoms with van der Waals surface area (Å²) >= 11 is 7.24. The molecule has 6 nitrogen and oxygen atoms in total. The molecule has 12 aromatic carbocycles. The van der Waals surface area contributed by atoms with Gasteiger partial charge in [0.2, 0.25) is 0 Å². The third kappa shape index (κ3) is 7.85. The topological polar surface area (TPSA) is 61.4 Å². The van der Waals surface area contributed by atoms with E-state index in [9.17, 15) is 0 Å². The van der Waals surface area contributed by atoms with Gasteiger partial charge in [-0.2, -0.15) is 0 Å². The number of hydrogen-bond donors (Lipinski definition) is 0. The van der Waals surface area contributed by atoms with Crippen LogP contribution in [0.3, 0.4) is 0 Å². The van der Waals surface area contributed by atoms with Gasteiger partial charge in [-0.1, -0.05) is 218 Å². The molecule has 0 spiro atoms. The van der Waals surface area contributed by atoms with Crippen molar-refractivity contribution in [3.63, 3.8) is 0 Å². The third-order valence-corrected chi connectivity index (χ3v) is 22.4. The van der Waals surface area contributed by atoms with Gasteiger partial charge < -0.3 is 9.13 Å². The fraction of sp³-hybridized carbons (Fsp3) is 0. The summed E-state index contributed by atoms with van der Waals surface area (Å²) in [5, 5.41) is 12.3. The number of hydrogen-bond acceptors (Lipinski definition) is 8. The first kappa shape index (κ1) is 51.3. The van der Waals surface area contributed by atoms with Crippen molar-refractivity contribution in [3.8, 4) is 56.7 Å². The van der Waals surface area contributed by atoms with Crippen LogP contribution in [0.5, 0.6) is 0 Å². The molecule has 8 aromatic heterocycles. The second-order valence-electron chi connectivity index (χ2n) is 22.7. The predicted molar refractivity (Wildman–Crippen MR) is 386 cm³/mol. The molecule has 0 saturated heterocycles. The van der Waals surface area contributed by atoms with Crippen molar-refractivity contribution in [1.29, 1.82) is 0 Å². The molecule has 0 radical (unpaired) electrons. The molecule has 0 N–H and O–H groups in total. The Labute approximate surface area is 530 Å². The molecular weight excluding hydrogens is 1170 g/mol. The number of fused-ring (bicyclic) bond motifs is 18. The van der Waals surface area contributed by atoms with E-state index in [0.29, 0.717) is 0 Å². The Morgan fingerprint density at radius 3 is 1.03 bits per heavy atom. The first-order valence-corrected chi connectivity index (χ1v) is 33.3. The van der Waals surface area contributed by atoms with Gasteiger partial charge in [-0.15, -0.1) is 45.3 Å². The van der Waals surface area contributed by atoms with Crippen LogP contribution < -0.4 is 0 Å². The van der Waals surface area contributed by atoms with Gasteiger partial charge in [0, 0.05) is 98.8 Å². The van der Waals surface area contributed by atoms with Crippen LogP contribution >= 0.6 is 45.3 Å². The van der Waals surface area contributed by atoms with Gasteiger partial charge >= 0.3 is 0 Å². The first-order chi connectivity index (χ1) is 44.7. The quantitative estimate of drug-likeness (QED) is 0.166. The Hall–Kier alpha value is -10.7. The minimum absolute atomic E-state index is 0.743. The van der Waals surface area contributed by atoms with E-state index in [1.54, 1.807) is 22.7 Å². The van der Waals surface area contributed by atoms with Gasteiger partial charge in [-0.25, -0.2) is 19.9 Å². The van der Waals surface area contributed by atoms with Crippen molar-refractivity contribution in [2.45, 2.75) is 0 Å². The van der Waals surface area contributed by atoms with Crippen molar-refractivity contribution in [3.05, 3.63) is 279 Å². The summed E-state index contributed by atoms with van der Waals surface area (Å²) in [6.07, 6.45) is 0. The highest BCUT2D eigenvalue weighted by atomic mass is 32.1. The van der Waals surface area contributed by atoms with Crippen molar-refractivity contribution >= 4 is 170 Å². The Bertz CT molecular complexity index is 6190. The zero-order chi connectivity index (χ0) is 59.0. The van der Waals surface area contributed by atoms with E-state index in [0.717, 1.165) is 77.1 Å². The van der Waals surface area contributed by atoms with E-state index < -0.39 is 0 Å². The number of rotatable bonds is 6. The standard InChI is InChI=1S/2C40H23N3S2/c1-2-12-24(13-3-1)40-41-36-29-17-7-11-21-34(29)45-39(36)37(42-40)35-32(23-22-28-27-16-6-10-20-33(27)44-38(28)35)43-30-18-8-4-14-25(30)26-15-5-9-19-31(26)43;1-2-12-24(13-3-1)36-39-37(29-17-7-11-21-34(29)45-39)42-40(41-36)35-32(23-22-28-27-16-6-10-20-33(27)44-38(28)35)43-30-18-8-4-14-25(30)26-15-5-9-19-31(26)43/h2*1-23H. The average Bonchev–Trinajstić information content (AvgIpc) is 1.58. The number of thiophene rings is 4. The summed E-state index contributed by atoms with van der Waals surface area (Å²) in [5.41, 5.74) is 15.2. The largest absolute Gasteiger partial charge is 0.309 e. The SMILES string of the molecule is c1ccc(-c2nc(-c3c(-n4c5ccccc5c5ccccc54)ccc4c3sc3ccccc34)c3sc4ccccc4c3n2)cc1.c1ccc(-c2nc(-c3c(-n4c5ccccc5c5ccccc54)ccc4c3sc3ccccc34)nc3c2sc2ccccc23)cc1. The maximum atomic E-state index is 5.48. The molecule has 10 heteroatoms. The minimum Gasteiger partial charge on any atom is -0.309 e. The fourth-order valence-electron chi connectivity index (χ4n) is 13.7. The van der Waals surface area contributed by atoms with E-state index in [2.05, 4.69) is 282 Å². The maximum absolute atomic E-state index is 5.48. The lowest BCUT2D eigenvalue weighted by Gasteiger charge is -2.16. The molecule has 90 heavy (non-hydrogen) atoms. The molecule has 420 valence electrons. The highest BCUT2D eigenvalue weighted by molar-refractivity contribution is 7.28. The lowest BCUT2D eigenvalue weighted by atomic mass is 10.0. The van der Waals surface area contributed by atoms with Crippen LogP contribution in [0.4, 0.5) is 0 Å². The lowest BCUT2D eigenvalue weighted by Crippen LogP contribution is -2.01. The van der Waals surface area contributed by atoms with Crippen molar-refractivity contribution < 1.29 is 0 Å². The molecule has 20 aromatic rings. The van der Waals surface area contributed by atoms with Crippen molar-refractivity contribution in [2.24, 2.45) is 0 Å². The maximum Gasteiger partial charge on any atom is 0.164 e. The van der Waals surface area contributed by atoms with E-state index in [-0.39, 0.29) is 0 Å². The lowest BCUT2D eigenvalue weighted by molar-refractivity contribution is 1.16. The van der Waals surface area contributed by atoms with Crippen molar-refractivity contribution in [2.75, 3.05) is 0 Å². The number of aromatic nitrogens is 6. The van der Waals surface area contributed by atoms with Crippen molar-refractivity contribution in [1.82, 2.24) is 29.1 Å². The Morgan fingerprint density at radius 2 is 0.556 bits per heavy atom. The molecule has 8 heterocycles. The Balaban J connectivity index is 0.000000130. The molecule has 20 rings (SSSR count). The van der Waals surface area contributed by atoms with Gasteiger partial charge in [0.05, 0.1) is 70.8 Å². The van der Waals surface area contributed by atoms with Crippen LogP contribution in [0.25, 0.3) is 181 Å². The summed E-state index contributed by atoms with van der Waals surface area (Å²) in [4.78, 5) is 21.7. The van der Waals surface area contributed by atoms with E-state index in [1.165, 1.54) is 104 Å². The zero-order valence-corrected chi connectivity index (χ0v) is 51.1. The minimum atomic E-state index is 0.743. The van der Waals surface area contributed by atoms with Gasteiger partial charge in [0.15, 0.2) is 11.6 Å². The summed E-state index contributed by atoms with van der Waals surface area (Å²) in [5.74, 6) is 1.49.